The van der Waals surface area contributed by atoms with E-state index in [0.717, 1.165) is 90.5 Å². The summed E-state index contributed by atoms with van der Waals surface area (Å²) in [5.41, 5.74) is 36.6. The van der Waals surface area contributed by atoms with E-state index < -0.39 is 0 Å². The summed E-state index contributed by atoms with van der Waals surface area (Å²) in [6, 6.07) is 109. The Balaban J connectivity index is 0.000000169. The molecule has 12 nitrogen and oxygen atoms in total. The van der Waals surface area contributed by atoms with Crippen molar-refractivity contribution in [1.82, 2.24) is 0 Å². The fourth-order valence-corrected chi connectivity index (χ4v) is 8.14. The van der Waals surface area contributed by atoms with Crippen molar-refractivity contribution in [1.29, 1.82) is 0 Å². The molecule has 14 heteroatoms. The fourth-order valence-electron chi connectivity index (χ4n) is 8.14. The molecule has 0 atom stereocenters. The van der Waals surface area contributed by atoms with Crippen LogP contribution in [0.4, 0.5) is 68.2 Å². The maximum absolute atomic E-state index is 5.76. The van der Waals surface area contributed by atoms with Gasteiger partial charge in [-0.1, -0.05) is 315 Å². The number of amidine groups is 4. The predicted molar refractivity (Wildman–Crippen MR) is 372 cm³/mol. The number of benzene rings is 12. The number of hydrogen-bond acceptors (Lipinski definition) is 8. The average molecular weight is 1350 g/mol. The van der Waals surface area contributed by atoms with Crippen LogP contribution in [0.3, 0.4) is 0 Å². The van der Waals surface area contributed by atoms with Crippen LogP contribution >= 0.6 is 0 Å². The third kappa shape index (κ3) is 22.4. The first-order valence-electron chi connectivity index (χ1n) is 28.3. The molecular weight excluding hydrogens is 1290 g/mol. The number of nitrogens with zero attached hydrogens (tertiary/aromatic N) is 8. The van der Waals surface area contributed by atoms with Crippen molar-refractivity contribution in [2.24, 2.45) is 20.0 Å². The van der Waals surface area contributed by atoms with E-state index in [9.17, 15) is 0 Å². The zero-order valence-electron chi connectivity index (χ0n) is 48.9. The molecule has 0 aliphatic heterocycles. The standard InChI is InChI=1S/4C19H16N3.2Rh/c4*20-16-13-11-15(12-14-16)19(21-17-7-3-1-4-8-17)22-18-9-5-2-6-10-18;;/h4*1-14H,20H2;;/q4*-1;2*+2. The average Bonchev–Trinajstić information content (AvgIpc) is 3.27. The molecular formula is C76H64N12Rh2. The molecule has 0 heterocycles. The summed E-state index contributed by atoms with van der Waals surface area (Å²) in [7, 11) is 0. The Labute approximate surface area is 552 Å². The molecule has 0 aliphatic rings. The van der Waals surface area contributed by atoms with Gasteiger partial charge in [0.15, 0.2) is 0 Å². The van der Waals surface area contributed by atoms with Gasteiger partial charge in [-0.2, -0.15) is 0 Å². The zero-order chi connectivity index (χ0) is 60.8. The van der Waals surface area contributed by atoms with Gasteiger partial charge in [-0.25, -0.2) is 0 Å². The Morgan fingerprint density at radius 1 is 0.189 bits per heavy atom. The zero-order valence-corrected chi connectivity index (χ0v) is 52.2. The minimum Gasteiger partial charge on any atom is -0.436 e. The van der Waals surface area contributed by atoms with Gasteiger partial charge in [0.25, 0.3) is 0 Å². The van der Waals surface area contributed by atoms with Gasteiger partial charge in [-0.05, 0) is 116 Å². The second-order valence-electron chi connectivity index (χ2n) is 19.4. The summed E-state index contributed by atoms with van der Waals surface area (Å²) in [4.78, 5) is 18.7. The van der Waals surface area contributed by atoms with Crippen LogP contribution in [0.15, 0.2) is 360 Å². The van der Waals surface area contributed by atoms with Crippen LogP contribution < -0.4 is 22.9 Å². The first-order chi connectivity index (χ1) is 43.2. The predicted octanol–water partition coefficient (Wildman–Crippen LogP) is 20.2. The second kappa shape index (κ2) is 36.2. The number of nitrogens with two attached hydrogens (primary N) is 4. The second-order valence-corrected chi connectivity index (χ2v) is 19.4. The first kappa shape index (κ1) is 66.5. The van der Waals surface area contributed by atoms with Crippen molar-refractivity contribution < 1.29 is 39.0 Å². The molecule has 8 N–H and O–H groups in total. The summed E-state index contributed by atoms with van der Waals surface area (Å²) < 4.78 is 0. The monoisotopic (exact) mass is 1350 g/mol. The van der Waals surface area contributed by atoms with Crippen molar-refractivity contribution >= 4 is 91.6 Å². The van der Waals surface area contributed by atoms with Crippen molar-refractivity contribution in [3.05, 3.63) is 383 Å². The molecule has 446 valence electrons. The quantitative estimate of drug-likeness (QED) is 0.0407. The van der Waals surface area contributed by atoms with Crippen LogP contribution in [0.1, 0.15) is 22.3 Å². The largest absolute Gasteiger partial charge is 2.00 e. The molecule has 0 unspecified atom stereocenters. The van der Waals surface area contributed by atoms with E-state index >= 15 is 0 Å². The van der Waals surface area contributed by atoms with Crippen LogP contribution in [-0.4, -0.2) is 23.3 Å². The Kier molecular flexibility index (Phi) is 26.7. The molecule has 0 saturated heterocycles. The molecule has 0 fully saturated rings. The van der Waals surface area contributed by atoms with Gasteiger partial charge in [0, 0.05) is 22.7 Å². The van der Waals surface area contributed by atoms with Crippen molar-refractivity contribution in [2.45, 2.75) is 0 Å². The minimum absolute atomic E-state index is 0. The summed E-state index contributed by atoms with van der Waals surface area (Å²) in [5, 5.41) is 18.7. The van der Waals surface area contributed by atoms with Gasteiger partial charge in [-0.15, -0.1) is 0 Å². The van der Waals surface area contributed by atoms with E-state index in [-0.39, 0.29) is 39.0 Å². The van der Waals surface area contributed by atoms with Gasteiger partial charge in [0.1, 0.15) is 0 Å². The third-order valence-corrected chi connectivity index (χ3v) is 12.6. The molecule has 0 spiro atoms. The van der Waals surface area contributed by atoms with Crippen LogP contribution in [0.5, 0.6) is 0 Å². The Morgan fingerprint density at radius 2 is 0.333 bits per heavy atom. The number of anilines is 4. The first-order valence-corrected chi connectivity index (χ1v) is 28.3. The Hall–Kier alpha value is -11.0. The van der Waals surface area contributed by atoms with Crippen molar-refractivity contribution in [3.8, 4) is 0 Å². The van der Waals surface area contributed by atoms with Crippen LogP contribution in [0.2, 0.25) is 0 Å². The van der Waals surface area contributed by atoms with Gasteiger partial charge < -0.3 is 64.2 Å². The molecule has 12 aromatic carbocycles. The van der Waals surface area contributed by atoms with Crippen LogP contribution in [0.25, 0.3) is 21.3 Å². The Morgan fingerprint density at radius 3 is 0.489 bits per heavy atom. The van der Waals surface area contributed by atoms with E-state index in [1.807, 2.05) is 340 Å². The molecule has 2 radical (unpaired) electrons. The molecule has 12 rings (SSSR count). The SMILES string of the molecule is Nc1ccc(C(=Nc2ccccc2)[N-]c2ccccc2)cc1.Nc1ccc(C(=Nc2ccccc2)[N-]c2ccccc2)cc1.Nc1ccc(C(=Nc2ccccc2)[N-]c2ccccc2)cc1.Nc1ccc(C(=Nc2ccccc2)[N-]c2ccccc2)cc1.[Rh+2].[Rh+2]. The maximum atomic E-state index is 5.76. The molecule has 0 bridgehead atoms. The van der Waals surface area contributed by atoms with E-state index in [1.54, 1.807) is 0 Å². The molecule has 0 amide bonds. The minimum atomic E-state index is 0. The van der Waals surface area contributed by atoms with E-state index in [2.05, 4.69) is 41.2 Å². The number of para-hydroxylation sites is 8. The van der Waals surface area contributed by atoms with E-state index in [1.165, 1.54) is 0 Å². The molecule has 0 aromatic heterocycles. The summed E-state index contributed by atoms with van der Waals surface area (Å²) in [6.45, 7) is 0. The number of hydrogen-bond donors (Lipinski definition) is 4. The van der Waals surface area contributed by atoms with Gasteiger partial charge in [-0.3, -0.25) is 0 Å². The number of aliphatic imine (C=N–C) groups is 4. The summed E-state index contributed by atoms with van der Waals surface area (Å²) in [5.74, 6) is 2.66. The summed E-state index contributed by atoms with van der Waals surface area (Å²) >= 11 is 0. The third-order valence-electron chi connectivity index (χ3n) is 12.6. The smallest absolute Gasteiger partial charge is 0.436 e. The number of nitrogen functional groups attached to an aromatic ring is 4. The van der Waals surface area contributed by atoms with Crippen molar-refractivity contribution in [3.63, 3.8) is 0 Å². The van der Waals surface area contributed by atoms with Crippen LogP contribution in [0, 0.1) is 0 Å². The molecule has 0 saturated carbocycles. The van der Waals surface area contributed by atoms with E-state index in [0.29, 0.717) is 23.3 Å². The van der Waals surface area contributed by atoms with Crippen LogP contribution in [-0.2, 0) is 39.0 Å². The maximum Gasteiger partial charge on any atom is 2.00 e. The van der Waals surface area contributed by atoms with E-state index in [4.69, 9.17) is 22.9 Å². The molecule has 0 aliphatic carbocycles. The fraction of sp³-hybridized carbons (Fsp3) is 0. The Bertz CT molecular complexity index is 3550. The van der Waals surface area contributed by atoms with Gasteiger partial charge in [0.2, 0.25) is 0 Å². The number of rotatable bonds is 12. The molecule has 12 aromatic rings. The summed E-state index contributed by atoms with van der Waals surface area (Å²) in [6.07, 6.45) is 0. The van der Waals surface area contributed by atoms with Crippen molar-refractivity contribution in [2.75, 3.05) is 22.9 Å². The normalized spacial score (nSPS) is 10.9. The topological polar surface area (TPSA) is 210 Å². The molecule has 90 heavy (non-hydrogen) atoms. The van der Waals surface area contributed by atoms with Gasteiger partial charge >= 0.3 is 39.0 Å². The van der Waals surface area contributed by atoms with Gasteiger partial charge in [0.05, 0.1) is 0 Å².